The van der Waals surface area contributed by atoms with Gasteiger partial charge < -0.3 is 10.1 Å². The van der Waals surface area contributed by atoms with Crippen molar-refractivity contribution in [3.63, 3.8) is 0 Å². The number of rotatable bonds is 9. The Balaban J connectivity index is 1.48. The highest BCUT2D eigenvalue weighted by molar-refractivity contribution is 7.99. The Morgan fingerprint density at radius 1 is 1.21 bits per heavy atom. The molecule has 1 heterocycles. The van der Waals surface area contributed by atoms with Crippen LogP contribution in [0.2, 0.25) is 0 Å². The normalized spacial score (nSPS) is 22.1. The molecule has 1 aromatic heterocycles. The fourth-order valence-electron chi connectivity index (χ4n) is 5.28. The number of urea groups is 1. The number of amides is 3. The van der Waals surface area contributed by atoms with Crippen LogP contribution < -0.4 is 15.4 Å². The number of carbonyl (C=O) groups excluding carboxylic acids is 2. The van der Waals surface area contributed by atoms with Gasteiger partial charge in [0.05, 0.1) is 5.75 Å². The molecule has 0 aliphatic heterocycles. The largest absolute Gasteiger partial charge is 0.483 e. The Morgan fingerprint density at radius 3 is 2.68 bits per heavy atom. The van der Waals surface area contributed by atoms with Gasteiger partial charge in [-0.05, 0) is 69.9 Å². The minimum Gasteiger partial charge on any atom is -0.483 e. The van der Waals surface area contributed by atoms with E-state index in [1.165, 1.54) is 43.5 Å². The number of halogens is 1. The maximum Gasteiger partial charge on any atom is 0.321 e. The van der Waals surface area contributed by atoms with E-state index in [-0.39, 0.29) is 30.2 Å². The van der Waals surface area contributed by atoms with Gasteiger partial charge in [-0.2, -0.15) is 0 Å². The zero-order valence-corrected chi connectivity index (χ0v) is 20.6. The van der Waals surface area contributed by atoms with Gasteiger partial charge in [-0.15, -0.1) is 10.2 Å². The number of hydrogen-bond donors (Lipinski definition) is 2. The van der Waals surface area contributed by atoms with Crippen molar-refractivity contribution in [3.05, 3.63) is 35.9 Å². The SMILES string of the molecule is CC(C)NC(=O)NC(=O)CSc1nnc(COc2ccccc2F)n1[C@H](C)[C@H]1C[C@H]2CC[C@H]1C2. The van der Waals surface area contributed by atoms with Gasteiger partial charge in [-0.25, -0.2) is 9.18 Å². The molecular formula is C24H32FN5O3S. The molecule has 4 atom stereocenters. The maximum absolute atomic E-state index is 14.0. The van der Waals surface area contributed by atoms with Gasteiger partial charge >= 0.3 is 6.03 Å². The molecule has 34 heavy (non-hydrogen) atoms. The van der Waals surface area contributed by atoms with Crippen molar-refractivity contribution in [1.82, 2.24) is 25.4 Å². The summed E-state index contributed by atoms with van der Waals surface area (Å²) in [7, 11) is 0. The smallest absolute Gasteiger partial charge is 0.321 e. The average molecular weight is 490 g/mol. The first-order valence-electron chi connectivity index (χ1n) is 11.9. The molecule has 2 saturated carbocycles. The Morgan fingerprint density at radius 2 is 2.00 bits per heavy atom. The van der Waals surface area contributed by atoms with Crippen LogP contribution in [0, 0.1) is 23.6 Å². The van der Waals surface area contributed by atoms with Gasteiger partial charge in [-0.3, -0.25) is 14.7 Å². The van der Waals surface area contributed by atoms with Crippen LogP contribution in [0.3, 0.4) is 0 Å². The third kappa shape index (κ3) is 5.71. The lowest BCUT2D eigenvalue weighted by Crippen LogP contribution is -2.43. The topological polar surface area (TPSA) is 98.1 Å². The van der Waals surface area contributed by atoms with Crippen LogP contribution in [0.15, 0.2) is 29.4 Å². The predicted octanol–water partition coefficient (Wildman–Crippen LogP) is 4.32. The molecule has 0 radical (unpaired) electrons. The van der Waals surface area contributed by atoms with Crippen LogP contribution in [0.1, 0.15) is 58.3 Å². The van der Waals surface area contributed by atoms with Crippen molar-refractivity contribution in [1.29, 1.82) is 0 Å². The van der Waals surface area contributed by atoms with E-state index >= 15 is 0 Å². The molecule has 4 rings (SSSR count). The summed E-state index contributed by atoms with van der Waals surface area (Å²) in [6, 6.07) is 5.81. The van der Waals surface area contributed by atoms with Gasteiger partial charge in [-0.1, -0.05) is 30.3 Å². The minimum atomic E-state index is -0.517. The number of carbonyl (C=O) groups is 2. The number of aromatic nitrogens is 3. The van der Waals surface area contributed by atoms with Crippen LogP contribution in [-0.2, 0) is 11.4 Å². The van der Waals surface area contributed by atoms with Crippen molar-refractivity contribution in [3.8, 4) is 5.75 Å². The summed E-state index contributed by atoms with van der Waals surface area (Å²) in [5, 5.41) is 14.2. The van der Waals surface area contributed by atoms with Crippen molar-refractivity contribution in [2.75, 3.05) is 5.75 Å². The van der Waals surface area contributed by atoms with E-state index in [1.807, 2.05) is 18.4 Å². The highest BCUT2D eigenvalue weighted by Crippen LogP contribution is 2.52. The summed E-state index contributed by atoms with van der Waals surface area (Å²) in [5.74, 6) is 1.92. The Labute approximate surface area is 203 Å². The standard InChI is InChI=1S/C24H32FN5O3S/c1-14(2)26-23(32)27-22(31)13-34-24-29-28-21(12-33-20-7-5-4-6-19(20)25)30(24)15(3)18-11-16-8-9-17(18)10-16/h4-7,14-18H,8-13H2,1-3H3,(H2,26,27,31,32)/t15-,16+,17+,18-/m1/s1. The molecule has 2 bridgehead atoms. The fourth-order valence-corrected chi connectivity index (χ4v) is 6.13. The van der Waals surface area contributed by atoms with E-state index in [4.69, 9.17) is 4.74 Å². The minimum absolute atomic E-state index is 0.0290. The second-order valence-electron chi connectivity index (χ2n) is 9.53. The number of nitrogens with zero attached hydrogens (tertiary/aromatic N) is 3. The van der Waals surface area contributed by atoms with Crippen molar-refractivity contribution in [2.24, 2.45) is 17.8 Å². The summed E-state index contributed by atoms with van der Waals surface area (Å²) in [4.78, 5) is 24.1. The first kappa shape index (κ1) is 24.5. The molecule has 8 nitrogen and oxygen atoms in total. The lowest BCUT2D eigenvalue weighted by molar-refractivity contribution is -0.117. The zero-order chi connectivity index (χ0) is 24.2. The highest BCUT2D eigenvalue weighted by atomic mass is 32.2. The third-order valence-electron chi connectivity index (χ3n) is 6.75. The summed E-state index contributed by atoms with van der Waals surface area (Å²) in [6.07, 6.45) is 5.00. The van der Waals surface area contributed by atoms with Crippen molar-refractivity contribution in [2.45, 2.75) is 70.3 Å². The number of fused-ring (bicyclic) bond motifs is 2. The number of ether oxygens (including phenoxy) is 1. The molecule has 1 aromatic carbocycles. The van der Waals surface area contributed by atoms with Crippen LogP contribution in [-0.4, -0.2) is 38.5 Å². The monoisotopic (exact) mass is 489 g/mol. The van der Waals surface area contributed by atoms with Gasteiger partial charge in [0, 0.05) is 12.1 Å². The van der Waals surface area contributed by atoms with E-state index < -0.39 is 17.8 Å². The second kappa shape index (κ2) is 10.8. The second-order valence-corrected chi connectivity index (χ2v) is 10.5. The highest BCUT2D eigenvalue weighted by Gasteiger charge is 2.43. The molecule has 3 amide bonds. The van der Waals surface area contributed by atoms with Crippen LogP contribution >= 0.6 is 11.8 Å². The number of imide groups is 1. The van der Waals surface area contributed by atoms with Gasteiger partial charge in [0.15, 0.2) is 22.5 Å². The first-order chi connectivity index (χ1) is 16.3. The lowest BCUT2D eigenvalue weighted by atomic mass is 9.84. The number of thioether (sulfide) groups is 1. The van der Waals surface area contributed by atoms with E-state index in [2.05, 4.69) is 27.8 Å². The van der Waals surface area contributed by atoms with Gasteiger partial charge in [0.2, 0.25) is 5.91 Å². The van der Waals surface area contributed by atoms with Crippen molar-refractivity contribution >= 4 is 23.7 Å². The molecule has 0 saturated heterocycles. The quantitative estimate of drug-likeness (QED) is 0.509. The van der Waals surface area contributed by atoms with E-state index in [1.54, 1.807) is 18.2 Å². The predicted molar refractivity (Wildman–Crippen MR) is 127 cm³/mol. The molecule has 2 aliphatic rings. The molecule has 2 N–H and O–H groups in total. The van der Waals surface area contributed by atoms with Crippen molar-refractivity contribution < 1.29 is 18.7 Å². The van der Waals surface area contributed by atoms with Crippen LogP contribution in [0.5, 0.6) is 5.75 Å². The Kier molecular flexibility index (Phi) is 7.75. The zero-order valence-electron chi connectivity index (χ0n) is 19.8. The summed E-state index contributed by atoms with van der Waals surface area (Å²) in [5.41, 5.74) is 0. The number of para-hydroxylation sites is 1. The lowest BCUT2D eigenvalue weighted by Gasteiger charge is -2.30. The molecule has 0 spiro atoms. The summed E-state index contributed by atoms with van der Waals surface area (Å²) >= 11 is 1.24. The first-order valence-corrected chi connectivity index (χ1v) is 12.8. The van der Waals surface area contributed by atoms with E-state index in [0.717, 1.165) is 5.92 Å². The molecule has 184 valence electrons. The number of benzene rings is 1. The molecule has 10 heteroatoms. The number of hydrogen-bond acceptors (Lipinski definition) is 6. The molecular weight excluding hydrogens is 457 g/mol. The summed E-state index contributed by atoms with van der Waals surface area (Å²) < 4.78 is 21.8. The fraction of sp³-hybridized carbons (Fsp3) is 0.583. The molecule has 2 fully saturated rings. The van der Waals surface area contributed by atoms with E-state index in [9.17, 15) is 14.0 Å². The molecule has 0 unspecified atom stereocenters. The van der Waals surface area contributed by atoms with E-state index in [0.29, 0.717) is 22.8 Å². The van der Waals surface area contributed by atoms with Crippen LogP contribution in [0.25, 0.3) is 0 Å². The summed E-state index contributed by atoms with van der Waals surface area (Å²) in [6.45, 7) is 5.89. The third-order valence-corrected chi connectivity index (χ3v) is 7.70. The Hall–Kier alpha value is -2.62. The Bertz CT molecular complexity index is 1030. The van der Waals surface area contributed by atoms with Crippen LogP contribution in [0.4, 0.5) is 9.18 Å². The average Bonchev–Trinajstić information content (AvgIpc) is 3.52. The molecule has 2 aliphatic carbocycles. The van der Waals surface area contributed by atoms with Gasteiger partial charge in [0.1, 0.15) is 6.61 Å². The van der Waals surface area contributed by atoms with Gasteiger partial charge in [0.25, 0.3) is 0 Å². The maximum atomic E-state index is 14.0. The molecule has 2 aromatic rings. The number of nitrogens with one attached hydrogen (secondary N) is 2.